The van der Waals surface area contributed by atoms with E-state index in [-0.39, 0.29) is 29.5 Å². The van der Waals surface area contributed by atoms with Crippen molar-refractivity contribution in [3.05, 3.63) is 101 Å². The number of anilines is 2. The van der Waals surface area contributed by atoms with Crippen LogP contribution in [0.4, 0.5) is 15.8 Å². The average Bonchev–Trinajstić information content (AvgIpc) is 2.80. The molecule has 3 aromatic carbocycles. The number of amides is 2. The standard InChI is InChI=1S/C27H24ClFN2O2/c1-4-19-16-20(9-14-24(19)29)27(33)30-17(2)15-26(23-7-5-6-8-25(23)30)31(18(3)32)22-12-10-21(28)11-13-22/h4-14,16-17,26H,1,15H2,2-3H3. The van der Waals surface area contributed by atoms with Crippen LogP contribution in [0, 0.1) is 5.82 Å². The maximum atomic E-state index is 14.0. The second kappa shape index (κ2) is 9.20. The molecule has 33 heavy (non-hydrogen) atoms. The van der Waals surface area contributed by atoms with Gasteiger partial charge < -0.3 is 9.80 Å². The molecule has 4 nitrogen and oxygen atoms in total. The first-order valence-electron chi connectivity index (χ1n) is 10.7. The van der Waals surface area contributed by atoms with Gasteiger partial charge in [-0.3, -0.25) is 9.59 Å². The third-order valence-electron chi connectivity index (χ3n) is 6.00. The second-order valence-corrected chi connectivity index (χ2v) is 8.58. The largest absolute Gasteiger partial charge is 0.305 e. The first kappa shape index (κ1) is 22.7. The topological polar surface area (TPSA) is 40.6 Å². The number of rotatable bonds is 4. The third-order valence-corrected chi connectivity index (χ3v) is 6.25. The van der Waals surface area contributed by atoms with Gasteiger partial charge in [-0.05, 0) is 67.4 Å². The van der Waals surface area contributed by atoms with Crippen LogP contribution in [-0.2, 0) is 4.79 Å². The van der Waals surface area contributed by atoms with Gasteiger partial charge in [-0.2, -0.15) is 0 Å². The maximum absolute atomic E-state index is 14.0. The van der Waals surface area contributed by atoms with Gasteiger partial charge in [0.2, 0.25) is 5.91 Å². The zero-order valence-electron chi connectivity index (χ0n) is 18.5. The molecule has 0 saturated heterocycles. The molecule has 2 unspecified atom stereocenters. The highest BCUT2D eigenvalue weighted by Crippen LogP contribution is 2.42. The summed E-state index contributed by atoms with van der Waals surface area (Å²) in [6.45, 7) is 7.12. The van der Waals surface area contributed by atoms with Crippen LogP contribution in [0.2, 0.25) is 5.02 Å². The van der Waals surface area contributed by atoms with E-state index >= 15 is 0 Å². The van der Waals surface area contributed by atoms with Crippen molar-refractivity contribution >= 4 is 40.9 Å². The van der Waals surface area contributed by atoms with E-state index in [0.717, 1.165) is 16.9 Å². The van der Waals surface area contributed by atoms with Crippen molar-refractivity contribution in [2.45, 2.75) is 32.4 Å². The summed E-state index contributed by atoms with van der Waals surface area (Å²) in [6.07, 6.45) is 1.94. The van der Waals surface area contributed by atoms with Gasteiger partial charge in [0.25, 0.3) is 5.91 Å². The summed E-state index contributed by atoms with van der Waals surface area (Å²) in [5, 5.41) is 0.592. The molecule has 0 aromatic heterocycles. The number of fused-ring (bicyclic) bond motifs is 1. The highest BCUT2D eigenvalue weighted by molar-refractivity contribution is 6.30. The summed E-state index contributed by atoms with van der Waals surface area (Å²) in [6, 6.07) is 18.6. The summed E-state index contributed by atoms with van der Waals surface area (Å²) in [5.41, 5.74) is 3.01. The number of halogens is 2. The lowest BCUT2D eigenvalue weighted by Gasteiger charge is -2.43. The molecule has 0 bridgehead atoms. The normalized spacial score (nSPS) is 17.3. The van der Waals surface area contributed by atoms with Crippen molar-refractivity contribution in [3.8, 4) is 0 Å². The highest BCUT2D eigenvalue weighted by atomic mass is 35.5. The van der Waals surface area contributed by atoms with E-state index in [9.17, 15) is 14.0 Å². The number of benzene rings is 3. The van der Waals surface area contributed by atoms with E-state index in [4.69, 9.17) is 11.6 Å². The Kier molecular flexibility index (Phi) is 6.34. The summed E-state index contributed by atoms with van der Waals surface area (Å²) < 4.78 is 14.0. The Morgan fingerprint density at radius 2 is 1.82 bits per heavy atom. The molecule has 1 aliphatic heterocycles. The van der Waals surface area contributed by atoms with Crippen LogP contribution >= 0.6 is 11.6 Å². The van der Waals surface area contributed by atoms with Gasteiger partial charge in [0.15, 0.2) is 0 Å². The van der Waals surface area contributed by atoms with Crippen LogP contribution in [0.5, 0.6) is 0 Å². The van der Waals surface area contributed by atoms with Gasteiger partial charge >= 0.3 is 0 Å². The molecule has 0 aliphatic carbocycles. The van der Waals surface area contributed by atoms with Gasteiger partial charge in [-0.1, -0.05) is 42.5 Å². The van der Waals surface area contributed by atoms with Crippen molar-refractivity contribution in [3.63, 3.8) is 0 Å². The Morgan fingerprint density at radius 3 is 2.48 bits per heavy atom. The fourth-order valence-corrected chi connectivity index (χ4v) is 4.62. The van der Waals surface area contributed by atoms with E-state index in [1.807, 2.05) is 43.3 Å². The van der Waals surface area contributed by atoms with E-state index in [0.29, 0.717) is 17.0 Å². The Bertz CT molecular complexity index is 1230. The van der Waals surface area contributed by atoms with Gasteiger partial charge in [-0.15, -0.1) is 0 Å². The molecule has 0 spiro atoms. The van der Waals surface area contributed by atoms with Crippen LogP contribution < -0.4 is 9.80 Å². The Labute approximate surface area is 197 Å². The lowest BCUT2D eigenvalue weighted by Crippen LogP contribution is -2.47. The second-order valence-electron chi connectivity index (χ2n) is 8.14. The van der Waals surface area contributed by atoms with Gasteiger partial charge in [0, 0.05) is 40.5 Å². The molecule has 168 valence electrons. The minimum atomic E-state index is -0.422. The molecular formula is C27H24ClFN2O2. The molecular weight excluding hydrogens is 439 g/mol. The predicted molar refractivity (Wildman–Crippen MR) is 131 cm³/mol. The molecule has 0 N–H and O–H groups in total. The lowest BCUT2D eigenvalue weighted by atomic mass is 9.89. The van der Waals surface area contributed by atoms with Crippen molar-refractivity contribution in [2.75, 3.05) is 9.80 Å². The Morgan fingerprint density at radius 1 is 1.12 bits per heavy atom. The number of nitrogens with zero attached hydrogens (tertiary/aromatic N) is 2. The molecule has 0 radical (unpaired) electrons. The monoisotopic (exact) mass is 462 g/mol. The summed E-state index contributed by atoms with van der Waals surface area (Å²) in [7, 11) is 0. The molecule has 1 heterocycles. The zero-order chi connectivity index (χ0) is 23.7. The molecule has 2 amide bonds. The minimum absolute atomic E-state index is 0.0988. The summed E-state index contributed by atoms with van der Waals surface area (Å²) in [4.78, 5) is 29.8. The fourth-order valence-electron chi connectivity index (χ4n) is 4.49. The Hall–Kier alpha value is -3.44. The van der Waals surface area contributed by atoms with Crippen molar-refractivity contribution in [1.82, 2.24) is 0 Å². The molecule has 6 heteroatoms. The highest BCUT2D eigenvalue weighted by Gasteiger charge is 2.38. The quantitative estimate of drug-likeness (QED) is 0.435. The van der Waals surface area contributed by atoms with E-state index < -0.39 is 5.82 Å². The number of carbonyl (C=O) groups is 2. The molecule has 4 rings (SSSR count). The molecule has 0 fully saturated rings. The predicted octanol–water partition coefficient (Wildman–Crippen LogP) is 6.66. The van der Waals surface area contributed by atoms with Gasteiger partial charge in [0.05, 0.1) is 6.04 Å². The van der Waals surface area contributed by atoms with Crippen molar-refractivity contribution in [1.29, 1.82) is 0 Å². The zero-order valence-corrected chi connectivity index (χ0v) is 19.2. The van der Waals surface area contributed by atoms with Crippen LogP contribution in [0.1, 0.15) is 47.8 Å². The van der Waals surface area contributed by atoms with E-state index in [1.54, 1.807) is 21.9 Å². The molecule has 0 saturated carbocycles. The lowest BCUT2D eigenvalue weighted by molar-refractivity contribution is -0.117. The fraction of sp³-hybridized carbons (Fsp3) is 0.185. The number of hydrogen-bond donors (Lipinski definition) is 0. The van der Waals surface area contributed by atoms with Crippen LogP contribution in [0.25, 0.3) is 6.08 Å². The number of para-hydroxylation sites is 1. The van der Waals surface area contributed by atoms with E-state index in [2.05, 4.69) is 6.58 Å². The van der Waals surface area contributed by atoms with Crippen LogP contribution in [0.15, 0.2) is 73.3 Å². The van der Waals surface area contributed by atoms with Gasteiger partial charge in [0.1, 0.15) is 5.82 Å². The van der Waals surface area contributed by atoms with Crippen molar-refractivity contribution < 1.29 is 14.0 Å². The van der Waals surface area contributed by atoms with Crippen LogP contribution in [0.3, 0.4) is 0 Å². The van der Waals surface area contributed by atoms with Crippen molar-refractivity contribution in [2.24, 2.45) is 0 Å². The molecule has 2 atom stereocenters. The number of hydrogen-bond acceptors (Lipinski definition) is 2. The minimum Gasteiger partial charge on any atom is -0.305 e. The first-order valence-corrected chi connectivity index (χ1v) is 11.1. The SMILES string of the molecule is C=Cc1cc(C(=O)N2c3ccccc3C(N(C(C)=O)c3ccc(Cl)cc3)CC2C)ccc1F. The third kappa shape index (κ3) is 4.29. The molecule has 3 aromatic rings. The number of carbonyl (C=O) groups excluding carboxylic acids is 2. The smallest absolute Gasteiger partial charge is 0.258 e. The average molecular weight is 463 g/mol. The summed E-state index contributed by atoms with van der Waals surface area (Å²) >= 11 is 6.05. The van der Waals surface area contributed by atoms with E-state index in [1.165, 1.54) is 31.2 Å². The maximum Gasteiger partial charge on any atom is 0.258 e. The Balaban J connectivity index is 1.78. The molecule has 1 aliphatic rings. The van der Waals surface area contributed by atoms with Crippen LogP contribution in [-0.4, -0.2) is 17.9 Å². The summed E-state index contributed by atoms with van der Waals surface area (Å²) in [5.74, 6) is -0.746. The first-order chi connectivity index (χ1) is 15.8. The van der Waals surface area contributed by atoms with Gasteiger partial charge in [-0.25, -0.2) is 4.39 Å².